The van der Waals surface area contributed by atoms with E-state index in [4.69, 9.17) is 11.6 Å². The zero-order valence-electron chi connectivity index (χ0n) is 16.4. The summed E-state index contributed by atoms with van der Waals surface area (Å²) in [6.07, 6.45) is 0. The number of hydrogen-bond donors (Lipinski definition) is 0. The maximum Gasteiger partial charge on any atom is 0.255 e. The topological polar surface area (TPSA) is 57.7 Å². The third-order valence-electron chi connectivity index (χ3n) is 5.15. The van der Waals surface area contributed by atoms with Crippen LogP contribution >= 0.6 is 11.6 Å². The van der Waals surface area contributed by atoms with Gasteiger partial charge in [-0.3, -0.25) is 9.69 Å². The molecule has 0 radical (unpaired) electrons. The molecule has 0 saturated carbocycles. The van der Waals surface area contributed by atoms with Crippen molar-refractivity contribution < 1.29 is 17.6 Å². The molecule has 2 aromatic rings. The summed E-state index contributed by atoms with van der Waals surface area (Å²) in [5.74, 6) is -0.641. The highest BCUT2D eigenvalue weighted by molar-refractivity contribution is 7.92. The average Bonchev–Trinajstić information content (AvgIpc) is 2.70. The van der Waals surface area contributed by atoms with Crippen molar-refractivity contribution in [3.8, 4) is 0 Å². The lowest BCUT2D eigenvalue weighted by Gasteiger charge is -2.35. The van der Waals surface area contributed by atoms with Crippen LogP contribution in [0.2, 0.25) is 5.02 Å². The quantitative estimate of drug-likeness (QED) is 0.715. The van der Waals surface area contributed by atoms with Crippen LogP contribution in [-0.4, -0.2) is 55.6 Å². The molecule has 0 N–H and O–H groups in total. The Hall–Kier alpha value is -1.96. The molecule has 1 fully saturated rings. The Balaban J connectivity index is 1.72. The van der Waals surface area contributed by atoms with E-state index in [-0.39, 0.29) is 22.2 Å². The molecule has 0 atom stereocenters. The van der Waals surface area contributed by atoms with Gasteiger partial charge in [-0.15, -0.1) is 0 Å². The molecule has 0 unspecified atom stereocenters. The molecule has 29 heavy (non-hydrogen) atoms. The number of benzene rings is 2. The molecule has 1 heterocycles. The Bertz CT molecular complexity index is 982. The molecule has 0 spiro atoms. The van der Waals surface area contributed by atoms with Crippen LogP contribution in [0, 0.1) is 5.82 Å². The van der Waals surface area contributed by atoms with Crippen LogP contribution < -0.4 is 0 Å². The highest BCUT2D eigenvalue weighted by Gasteiger charge is 2.29. The van der Waals surface area contributed by atoms with Crippen molar-refractivity contribution >= 4 is 27.3 Å². The third kappa shape index (κ3) is 4.63. The van der Waals surface area contributed by atoms with E-state index in [1.807, 2.05) is 4.90 Å². The van der Waals surface area contributed by atoms with E-state index in [1.165, 1.54) is 12.1 Å². The van der Waals surface area contributed by atoms with E-state index in [1.54, 1.807) is 49.1 Å². The fraction of sp³-hybridized carbons (Fsp3) is 0.381. The minimum atomic E-state index is -3.57. The lowest BCUT2D eigenvalue weighted by atomic mass is 10.1. The van der Waals surface area contributed by atoms with Gasteiger partial charge in [0.25, 0.3) is 5.91 Å². The second kappa shape index (κ2) is 8.81. The fourth-order valence-corrected chi connectivity index (χ4v) is 4.79. The van der Waals surface area contributed by atoms with Gasteiger partial charge in [-0.25, -0.2) is 12.8 Å². The Labute approximate surface area is 176 Å². The predicted molar refractivity (Wildman–Crippen MR) is 111 cm³/mol. The Morgan fingerprint density at radius 1 is 1.07 bits per heavy atom. The van der Waals surface area contributed by atoms with E-state index < -0.39 is 15.1 Å². The van der Waals surface area contributed by atoms with Gasteiger partial charge in [-0.1, -0.05) is 29.8 Å². The lowest BCUT2D eigenvalue weighted by Crippen LogP contribution is -2.48. The number of carbonyl (C=O) groups is 1. The first-order valence-electron chi connectivity index (χ1n) is 9.49. The molecule has 1 amide bonds. The highest BCUT2D eigenvalue weighted by atomic mass is 35.5. The zero-order valence-corrected chi connectivity index (χ0v) is 18.0. The number of hydrogen-bond acceptors (Lipinski definition) is 4. The fourth-order valence-electron chi connectivity index (χ4n) is 3.33. The van der Waals surface area contributed by atoms with E-state index in [0.717, 1.165) is 0 Å². The largest absolute Gasteiger partial charge is 0.336 e. The summed E-state index contributed by atoms with van der Waals surface area (Å²) in [7, 11) is -3.57. The van der Waals surface area contributed by atoms with Crippen molar-refractivity contribution in [1.29, 1.82) is 0 Å². The van der Waals surface area contributed by atoms with E-state index in [9.17, 15) is 17.6 Å². The molecular formula is C21H24ClFN2O3S. The Kier molecular flexibility index (Phi) is 6.61. The van der Waals surface area contributed by atoms with E-state index in [2.05, 4.69) is 0 Å². The number of nitrogens with zero attached hydrogens (tertiary/aromatic N) is 2. The molecule has 8 heteroatoms. The maximum atomic E-state index is 14.0. The van der Waals surface area contributed by atoms with Gasteiger partial charge >= 0.3 is 0 Å². The molecule has 3 rings (SSSR count). The van der Waals surface area contributed by atoms with Gasteiger partial charge in [0.2, 0.25) is 0 Å². The predicted octanol–water partition coefficient (Wildman–Crippen LogP) is 3.62. The van der Waals surface area contributed by atoms with Crippen LogP contribution in [0.3, 0.4) is 0 Å². The summed E-state index contributed by atoms with van der Waals surface area (Å²) in [4.78, 5) is 16.8. The SMILES string of the molecule is CC(C)S(=O)(=O)c1ccccc1C(=O)N1CCN(Cc2c(F)cccc2Cl)CC1. The minimum absolute atomic E-state index is 0.0700. The number of halogens is 2. The number of amides is 1. The summed E-state index contributed by atoms with van der Waals surface area (Å²) in [6, 6.07) is 11.0. The standard InChI is InChI=1S/C21H24ClFN2O3S/c1-15(2)29(27,28)20-9-4-3-6-16(20)21(26)25-12-10-24(11-13-25)14-17-18(22)7-5-8-19(17)23/h3-9,15H,10-14H2,1-2H3. The molecule has 0 bridgehead atoms. The van der Waals surface area contributed by atoms with Crippen molar-refractivity contribution in [1.82, 2.24) is 9.80 Å². The second-order valence-electron chi connectivity index (χ2n) is 7.36. The van der Waals surface area contributed by atoms with Gasteiger partial charge in [0.05, 0.1) is 15.7 Å². The van der Waals surface area contributed by atoms with Crippen molar-refractivity contribution in [3.05, 3.63) is 64.4 Å². The van der Waals surface area contributed by atoms with Crippen LogP contribution in [0.25, 0.3) is 0 Å². The smallest absolute Gasteiger partial charge is 0.255 e. The first-order chi connectivity index (χ1) is 13.7. The highest BCUT2D eigenvalue weighted by Crippen LogP contribution is 2.24. The average molecular weight is 439 g/mol. The first-order valence-corrected chi connectivity index (χ1v) is 11.4. The Morgan fingerprint density at radius 3 is 2.34 bits per heavy atom. The van der Waals surface area contributed by atoms with Crippen LogP contribution in [0.1, 0.15) is 29.8 Å². The second-order valence-corrected chi connectivity index (χ2v) is 10.2. The van der Waals surface area contributed by atoms with Crippen molar-refractivity contribution in [2.75, 3.05) is 26.2 Å². The molecule has 1 aliphatic rings. The third-order valence-corrected chi connectivity index (χ3v) is 7.71. The molecule has 1 saturated heterocycles. The van der Waals surface area contributed by atoms with Gasteiger partial charge in [0.15, 0.2) is 9.84 Å². The number of carbonyl (C=O) groups excluding carboxylic acids is 1. The van der Waals surface area contributed by atoms with Gasteiger partial charge in [0.1, 0.15) is 5.82 Å². The van der Waals surface area contributed by atoms with Gasteiger partial charge in [-0.2, -0.15) is 0 Å². The lowest BCUT2D eigenvalue weighted by molar-refractivity contribution is 0.0623. The minimum Gasteiger partial charge on any atom is -0.336 e. The number of sulfone groups is 1. The summed E-state index contributed by atoms with van der Waals surface area (Å²) >= 11 is 6.11. The molecular weight excluding hydrogens is 415 g/mol. The summed E-state index contributed by atoms with van der Waals surface area (Å²) in [5.41, 5.74) is 0.647. The Morgan fingerprint density at radius 2 is 1.72 bits per heavy atom. The van der Waals surface area contributed by atoms with Gasteiger partial charge in [0, 0.05) is 43.3 Å². The monoisotopic (exact) mass is 438 g/mol. The number of rotatable bonds is 5. The van der Waals surface area contributed by atoms with Crippen LogP contribution in [-0.2, 0) is 16.4 Å². The van der Waals surface area contributed by atoms with Crippen LogP contribution in [0.15, 0.2) is 47.4 Å². The molecule has 2 aromatic carbocycles. The normalized spacial score (nSPS) is 15.7. The first kappa shape index (κ1) is 21.7. The summed E-state index contributed by atoms with van der Waals surface area (Å²) in [6.45, 7) is 5.53. The van der Waals surface area contributed by atoms with Crippen LogP contribution in [0.4, 0.5) is 4.39 Å². The maximum absolute atomic E-state index is 14.0. The zero-order chi connectivity index (χ0) is 21.2. The van der Waals surface area contributed by atoms with Crippen LogP contribution in [0.5, 0.6) is 0 Å². The molecule has 156 valence electrons. The number of piperazine rings is 1. The van der Waals surface area contributed by atoms with E-state index >= 15 is 0 Å². The molecule has 1 aliphatic heterocycles. The molecule has 0 aliphatic carbocycles. The molecule has 5 nitrogen and oxygen atoms in total. The van der Waals surface area contributed by atoms with Crippen molar-refractivity contribution in [2.24, 2.45) is 0 Å². The summed E-state index contributed by atoms with van der Waals surface area (Å²) < 4.78 is 39.3. The molecule has 0 aromatic heterocycles. The van der Waals surface area contributed by atoms with Gasteiger partial charge < -0.3 is 4.90 Å². The van der Waals surface area contributed by atoms with Crippen molar-refractivity contribution in [2.45, 2.75) is 30.5 Å². The van der Waals surface area contributed by atoms with Crippen molar-refractivity contribution in [3.63, 3.8) is 0 Å². The van der Waals surface area contributed by atoms with Gasteiger partial charge in [-0.05, 0) is 38.1 Å². The summed E-state index contributed by atoms with van der Waals surface area (Å²) in [5, 5.41) is -0.227. The van der Waals surface area contributed by atoms with E-state index in [0.29, 0.717) is 43.3 Å².